The zero-order valence-electron chi connectivity index (χ0n) is 6.27. The Hall–Kier alpha value is -1.26. The van der Waals surface area contributed by atoms with Crippen molar-refractivity contribution in [1.29, 1.82) is 0 Å². The summed E-state index contributed by atoms with van der Waals surface area (Å²) in [6, 6.07) is -0.822. The number of carbonyl (C=O) groups is 2. The van der Waals surface area contributed by atoms with E-state index < -0.39 is 18.1 Å². The number of carboxylic acid groups (broad SMARTS) is 1. The third-order valence-corrected chi connectivity index (χ3v) is 1.77. The second-order valence-electron chi connectivity index (χ2n) is 2.40. The van der Waals surface area contributed by atoms with Crippen molar-refractivity contribution in [3.8, 4) is 0 Å². The molecular formula is C6H9NO4. The molecule has 0 aromatic carbocycles. The summed E-state index contributed by atoms with van der Waals surface area (Å²) in [4.78, 5) is 22.1. The number of ether oxygens (including phenoxy) is 1. The van der Waals surface area contributed by atoms with Crippen LogP contribution in [-0.4, -0.2) is 41.3 Å². The molecule has 0 bridgehead atoms. The number of hydrogen-bond donors (Lipinski definition) is 1. The van der Waals surface area contributed by atoms with Crippen LogP contribution in [0.2, 0.25) is 0 Å². The Bertz CT molecular complexity index is 203. The second-order valence-corrected chi connectivity index (χ2v) is 2.40. The Morgan fingerprint density at radius 1 is 1.55 bits per heavy atom. The number of nitrogens with zero attached hydrogens (tertiary/aromatic N) is 1. The molecule has 1 fully saturated rings. The molecule has 11 heavy (non-hydrogen) atoms. The monoisotopic (exact) mass is 159 g/mol. The van der Waals surface area contributed by atoms with E-state index in [2.05, 4.69) is 4.74 Å². The van der Waals surface area contributed by atoms with E-state index >= 15 is 0 Å². The van der Waals surface area contributed by atoms with E-state index in [9.17, 15) is 9.59 Å². The van der Waals surface area contributed by atoms with Gasteiger partial charge in [-0.1, -0.05) is 0 Å². The first-order valence-electron chi connectivity index (χ1n) is 3.18. The first kappa shape index (κ1) is 7.84. The van der Waals surface area contributed by atoms with Gasteiger partial charge in [0.2, 0.25) is 0 Å². The maximum absolute atomic E-state index is 10.8. The average Bonchev–Trinajstić information content (AvgIpc) is 2.60. The van der Waals surface area contributed by atoms with Gasteiger partial charge in [0.05, 0.1) is 13.2 Å². The number of amides is 1. The maximum atomic E-state index is 10.8. The number of methoxy groups -OCH3 is 1. The highest BCUT2D eigenvalue weighted by Crippen LogP contribution is 2.28. The van der Waals surface area contributed by atoms with E-state index in [1.54, 1.807) is 6.92 Å². The third kappa shape index (κ3) is 1.13. The van der Waals surface area contributed by atoms with Crippen LogP contribution in [-0.2, 0) is 9.53 Å². The molecule has 0 unspecified atom stereocenters. The predicted octanol–water partition coefficient (Wildman–Crippen LogP) is -0.0899. The van der Waals surface area contributed by atoms with Crippen molar-refractivity contribution in [2.45, 2.75) is 19.0 Å². The first-order valence-corrected chi connectivity index (χ1v) is 3.18. The normalized spacial score (nSPS) is 28.0. The molecule has 0 saturated carbocycles. The molecular weight excluding hydrogens is 150 g/mol. The fourth-order valence-corrected chi connectivity index (χ4v) is 1.07. The van der Waals surface area contributed by atoms with Gasteiger partial charge in [-0.05, 0) is 6.92 Å². The Morgan fingerprint density at radius 3 is 2.36 bits per heavy atom. The van der Waals surface area contributed by atoms with Crippen LogP contribution in [0.5, 0.6) is 0 Å². The van der Waals surface area contributed by atoms with Gasteiger partial charge in [-0.2, -0.15) is 0 Å². The van der Waals surface area contributed by atoms with Crippen LogP contribution in [0.3, 0.4) is 0 Å². The Labute approximate surface area is 63.5 Å². The molecule has 0 aromatic heterocycles. The molecule has 62 valence electrons. The van der Waals surface area contributed by atoms with Crippen LogP contribution in [0, 0.1) is 0 Å². The van der Waals surface area contributed by atoms with Crippen LogP contribution in [0.15, 0.2) is 0 Å². The van der Waals surface area contributed by atoms with Gasteiger partial charge in [0.1, 0.15) is 0 Å². The van der Waals surface area contributed by atoms with E-state index in [1.807, 2.05) is 0 Å². The van der Waals surface area contributed by atoms with Gasteiger partial charge >= 0.3 is 12.1 Å². The largest absolute Gasteiger partial charge is 0.467 e. The van der Waals surface area contributed by atoms with Crippen LogP contribution >= 0.6 is 0 Å². The van der Waals surface area contributed by atoms with Crippen molar-refractivity contribution in [2.24, 2.45) is 0 Å². The second kappa shape index (κ2) is 2.41. The molecule has 1 saturated heterocycles. The summed E-state index contributed by atoms with van der Waals surface area (Å²) in [6.07, 6.45) is -1.08. The van der Waals surface area contributed by atoms with Crippen molar-refractivity contribution < 1.29 is 19.4 Å². The van der Waals surface area contributed by atoms with E-state index in [1.165, 1.54) is 7.11 Å². The summed E-state index contributed by atoms with van der Waals surface area (Å²) < 4.78 is 4.38. The van der Waals surface area contributed by atoms with E-state index in [4.69, 9.17) is 5.11 Å². The van der Waals surface area contributed by atoms with Crippen LogP contribution in [0.1, 0.15) is 6.92 Å². The molecule has 2 atom stereocenters. The lowest BCUT2D eigenvalue weighted by Gasteiger charge is -1.95. The first-order chi connectivity index (χ1) is 5.09. The van der Waals surface area contributed by atoms with E-state index in [0.29, 0.717) is 0 Å². The predicted molar refractivity (Wildman–Crippen MR) is 35.1 cm³/mol. The summed E-state index contributed by atoms with van der Waals surface area (Å²) in [7, 11) is 1.24. The van der Waals surface area contributed by atoms with Gasteiger partial charge in [0.15, 0.2) is 6.04 Å². The SMILES string of the molecule is COC(=O)[C@H]1[C@H](C)N1C(=O)O. The molecule has 1 rings (SSSR count). The van der Waals surface area contributed by atoms with E-state index in [0.717, 1.165) is 4.90 Å². The summed E-state index contributed by atoms with van der Waals surface area (Å²) in [6.45, 7) is 1.66. The molecule has 5 nitrogen and oxygen atoms in total. The fraction of sp³-hybridized carbons (Fsp3) is 0.667. The van der Waals surface area contributed by atoms with Crippen molar-refractivity contribution in [2.75, 3.05) is 7.11 Å². The molecule has 1 amide bonds. The number of hydrogen-bond acceptors (Lipinski definition) is 3. The fourth-order valence-electron chi connectivity index (χ4n) is 1.07. The lowest BCUT2D eigenvalue weighted by atomic mass is 10.3. The number of esters is 1. The molecule has 1 N–H and O–H groups in total. The van der Waals surface area contributed by atoms with Gasteiger partial charge in [-0.15, -0.1) is 0 Å². The molecule has 5 heteroatoms. The standard InChI is InChI=1S/C6H9NO4/c1-3-4(5(8)11-2)7(3)6(9)10/h3-4H,1-2H3,(H,9,10)/t3-,4+,7?/m0/s1. The zero-order valence-corrected chi connectivity index (χ0v) is 6.27. The lowest BCUT2D eigenvalue weighted by Crippen LogP contribution is -2.17. The number of carbonyl (C=O) groups excluding carboxylic acids is 1. The number of rotatable bonds is 1. The smallest absolute Gasteiger partial charge is 0.408 e. The van der Waals surface area contributed by atoms with Gasteiger partial charge in [0, 0.05) is 0 Å². The van der Waals surface area contributed by atoms with Crippen LogP contribution < -0.4 is 0 Å². The van der Waals surface area contributed by atoms with Crippen molar-refractivity contribution in [3.05, 3.63) is 0 Å². The summed E-state index contributed by atoms with van der Waals surface area (Å²) >= 11 is 0. The molecule has 0 spiro atoms. The maximum Gasteiger partial charge on any atom is 0.408 e. The minimum atomic E-state index is -1.08. The highest BCUT2D eigenvalue weighted by molar-refractivity contribution is 5.87. The summed E-state index contributed by atoms with van der Waals surface area (Å²) in [5.74, 6) is -0.486. The van der Waals surface area contributed by atoms with Gasteiger partial charge in [0.25, 0.3) is 0 Å². The lowest BCUT2D eigenvalue weighted by molar-refractivity contribution is -0.140. The minimum absolute atomic E-state index is 0.236. The molecule has 0 aliphatic carbocycles. The molecule has 1 aliphatic rings. The van der Waals surface area contributed by atoms with Crippen molar-refractivity contribution >= 4 is 12.1 Å². The molecule has 0 aromatic rings. The summed E-state index contributed by atoms with van der Waals surface area (Å²) in [5.41, 5.74) is 0. The van der Waals surface area contributed by atoms with Crippen molar-refractivity contribution in [1.82, 2.24) is 4.90 Å². The van der Waals surface area contributed by atoms with Crippen molar-refractivity contribution in [3.63, 3.8) is 0 Å². The Morgan fingerprint density at radius 2 is 2.09 bits per heavy atom. The Kier molecular flexibility index (Phi) is 1.72. The Balaban J connectivity index is 2.54. The molecule has 0 radical (unpaired) electrons. The van der Waals surface area contributed by atoms with Crippen LogP contribution in [0.4, 0.5) is 4.79 Å². The van der Waals surface area contributed by atoms with Gasteiger partial charge in [-0.3, -0.25) is 4.90 Å². The quantitative estimate of drug-likeness (QED) is 0.429. The molecule has 1 aliphatic heterocycles. The topological polar surface area (TPSA) is 66.6 Å². The highest BCUT2D eigenvalue weighted by atomic mass is 16.5. The molecule has 1 heterocycles. The zero-order chi connectivity index (χ0) is 8.59. The van der Waals surface area contributed by atoms with Gasteiger partial charge in [-0.25, -0.2) is 9.59 Å². The van der Waals surface area contributed by atoms with Gasteiger partial charge < -0.3 is 9.84 Å². The summed E-state index contributed by atoms with van der Waals surface area (Å²) in [5, 5.41) is 8.46. The third-order valence-electron chi connectivity index (χ3n) is 1.77. The average molecular weight is 159 g/mol. The highest BCUT2D eigenvalue weighted by Gasteiger charge is 2.53. The van der Waals surface area contributed by atoms with E-state index in [-0.39, 0.29) is 6.04 Å². The van der Waals surface area contributed by atoms with Crippen LogP contribution in [0.25, 0.3) is 0 Å². The minimum Gasteiger partial charge on any atom is -0.467 e.